The smallest absolute Gasteiger partial charge is 0.338 e. The number of carbonyl (C=O) groups excluding carboxylic acids is 2. The molecule has 0 spiro atoms. The molecule has 1 N–H and O–H groups in total. The Kier molecular flexibility index (Phi) is 6.84. The molecule has 2 atom stereocenters. The number of esters is 1. The maximum absolute atomic E-state index is 12.2. The minimum absolute atomic E-state index is 0.142. The van der Waals surface area contributed by atoms with Crippen molar-refractivity contribution in [3.05, 3.63) is 52.2 Å². The standard InChI is InChI=1S/C20H23NO5S/c1-14(19(22)21-12-18-5-3-11-27-18)26-20(23)15-6-8-16(9-7-15)25-13-17-4-2-10-24-17/h3,5-9,11,14,17H,2,4,10,12-13H2,1H3,(H,21,22)/t14-,17-/m1/s1. The van der Waals surface area contributed by atoms with Gasteiger partial charge in [0.15, 0.2) is 6.10 Å². The molecule has 27 heavy (non-hydrogen) atoms. The minimum Gasteiger partial charge on any atom is -0.491 e. The first-order valence-corrected chi connectivity index (χ1v) is 9.85. The van der Waals surface area contributed by atoms with Crippen LogP contribution in [0.25, 0.3) is 0 Å². The van der Waals surface area contributed by atoms with Crippen molar-refractivity contribution in [3.63, 3.8) is 0 Å². The summed E-state index contributed by atoms with van der Waals surface area (Å²) in [6.07, 6.45) is 1.35. The zero-order valence-electron chi connectivity index (χ0n) is 15.2. The summed E-state index contributed by atoms with van der Waals surface area (Å²) in [6.45, 7) is 3.28. The van der Waals surface area contributed by atoms with Crippen molar-refractivity contribution in [2.45, 2.75) is 38.5 Å². The van der Waals surface area contributed by atoms with E-state index in [9.17, 15) is 9.59 Å². The monoisotopic (exact) mass is 389 g/mol. The summed E-state index contributed by atoms with van der Waals surface area (Å²) in [7, 11) is 0. The van der Waals surface area contributed by atoms with Gasteiger partial charge in [0.25, 0.3) is 5.91 Å². The first-order chi connectivity index (χ1) is 13.1. The number of rotatable bonds is 8. The number of carbonyl (C=O) groups is 2. The summed E-state index contributed by atoms with van der Waals surface area (Å²) < 4.78 is 16.4. The van der Waals surface area contributed by atoms with Crippen LogP contribution in [0.2, 0.25) is 0 Å². The number of nitrogens with one attached hydrogen (secondary N) is 1. The average Bonchev–Trinajstić information content (AvgIpc) is 3.38. The van der Waals surface area contributed by atoms with Crippen molar-refractivity contribution in [1.29, 1.82) is 0 Å². The van der Waals surface area contributed by atoms with Crippen molar-refractivity contribution in [2.75, 3.05) is 13.2 Å². The zero-order chi connectivity index (χ0) is 19.1. The van der Waals surface area contributed by atoms with E-state index >= 15 is 0 Å². The maximum atomic E-state index is 12.2. The second-order valence-corrected chi connectivity index (χ2v) is 7.35. The molecule has 1 amide bonds. The molecule has 0 aliphatic carbocycles. The Morgan fingerprint density at radius 1 is 1.30 bits per heavy atom. The molecule has 1 aliphatic rings. The van der Waals surface area contributed by atoms with Gasteiger partial charge in [-0.25, -0.2) is 4.79 Å². The molecule has 0 unspecified atom stereocenters. The molecular weight excluding hydrogens is 366 g/mol. The lowest BCUT2D eigenvalue weighted by molar-refractivity contribution is -0.129. The molecule has 0 bridgehead atoms. The Hall–Kier alpha value is -2.38. The molecule has 2 aromatic rings. The third kappa shape index (κ3) is 5.80. The molecule has 3 rings (SSSR count). The van der Waals surface area contributed by atoms with E-state index in [1.165, 1.54) is 0 Å². The van der Waals surface area contributed by atoms with Gasteiger partial charge in [-0.05, 0) is 55.5 Å². The van der Waals surface area contributed by atoms with E-state index < -0.39 is 12.1 Å². The van der Waals surface area contributed by atoms with Crippen LogP contribution in [0.1, 0.15) is 35.0 Å². The van der Waals surface area contributed by atoms with Gasteiger partial charge in [0, 0.05) is 11.5 Å². The van der Waals surface area contributed by atoms with Crippen molar-refractivity contribution in [2.24, 2.45) is 0 Å². The maximum Gasteiger partial charge on any atom is 0.338 e. The molecule has 1 fully saturated rings. The van der Waals surface area contributed by atoms with Gasteiger partial charge >= 0.3 is 5.97 Å². The predicted octanol–water partition coefficient (Wildman–Crippen LogP) is 3.17. The fraction of sp³-hybridized carbons (Fsp3) is 0.400. The highest BCUT2D eigenvalue weighted by Crippen LogP contribution is 2.17. The summed E-state index contributed by atoms with van der Waals surface area (Å²) >= 11 is 1.56. The van der Waals surface area contributed by atoms with Gasteiger partial charge in [-0.3, -0.25) is 4.79 Å². The summed E-state index contributed by atoms with van der Waals surface area (Å²) in [6, 6.07) is 10.5. The van der Waals surface area contributed by atoms with Crippen LogP contribution in [0.4, 0.5) is 0 Å². The van der Waals surface area contributed by atoms with Crippen molar-refractivity contribution >= 4 is 23.2 Å². The van der Waals surface area contributed by atoms with Gasteiger partial charge < -0.3 is 19.5 Å². The third-order valence-corrected chi connectivity index (χ3v) is 5.10. The van der Waals surface area contributed by atoms with Gasteiger partial charge in [0.1, 0.15) is 12.4 Å². The largest absolute Gasteiger partial charge is 0.491 e. The van der Waals surface area contributed by atoms with E-state index in [2.05, 4.69) is 5.32 Å². The summed E-state index contributed by atoms with van der Waals surface area (Å²) in [5.74, 6) is -0.198. The Balaban J connectivity index is 1.44. The second kappa shape index (κ2) is 9.53. The lowest BCUT2D eigenvalue weighted by Gasteiger charge is -2.14. The number of amides is 1. The highest BCUT2D eigenvalue weighted by atomic mass is 32.1. The van der Waals surface area contributed by atoms with Crippen LogP contribution in [0, 0.1) is 0 Å². The molecule has 7 heteroatoms. The normalized spacial score (nSPS) is 17.3. The predicted molar refractivity (Wildman–Crippen MR) is 102 cm³/mol. The Labute approximate surface area is 162 Å². The fourth-order valence-electron chi connectivity index (χ4n) is 2.67. The summed E-state index contributed by atoms with van der Waals surface area (Å²) in [4.78, 5) is 25.3. The molecule has 1 aromatic heterocycles. The van der Waals surface area contributed by atoms with Crippen LogP contribution < -0.4 is 10.1 Å². The number of ether oxygens (including phenoxy) is 3. The van der Waals surface area contributed by atoms with Gasteiger partial charge in [0.2, 0.25) is 0 Å². The van der Waals surface area contributed by atoms with E-state index in [1.54, 1.807) is 42.5 Å². The van der Waals surface area contributed by atoms with E-state index in [0.29, 0.717) is 24.5 Å². The Bertz CT molecular complexity index is 738. The molecule has 1 saturated heterocycles. The number of thiophene rings is 1. The number of hydrogen-bond acceptors (Lipinski definition) is 6. The quantitative estimate of drug-likeness (QED) is 0.702. The zero-order valence-corrected chi connectivity index (χ0v) is 16.0. The van der Waals surface area contributed by atoms with E-state index in [-0.39, 0.29) is 12.0 Å². The highest BCUT2D eigenvalue weighted by molar-refractivity contribution is 7.09. The molecule has 144 valence electrons. The molecule has 1 aromatic carbocycles. The minimum atomic E-state index is -0.868. The Morgan fingerprint density at radius 2 is 2.11 bits per heavy atom. The van der Waals surface area contributed by atoms with Crippen LogP contribution in [0.15, 0.2) is 41.8 Å². The number of hydrogen-bond donors (Lipinski definition) is 1. The van der Waals surface area contributed by atoms with Gasteiger partial charge in [-0.2, -0.15) is 0 Å². The molecule has 1 aliphatic heterocycles. The van der Waals surface area contributed by atoms with Crippen LogP contribution in [0.3, 0.4) is 0 Å². The topological polar surface area (TPSA) is 73.9 Å². The SMILES string of the molecule is C[C@@H](OC(=O)c1ccc(OC[C@H]2CCCO2)cc1)C(=O)NCc1cccs1. The summed E-state index contributed by atoms with van der Waals surface area (Å²) in [5.41, 5.74) is 0.373. The van der Waals surface area contributed by atoms with Crippen LogP contribution >= 0.6 is 11.3 Å². The van der Waals surface area contributed by atoms with E-state index in [4.69, 9.17) is 14.2 Å². The molecular formula is C20H23NO5S. The van der Waals surface area contributed by atoms with Crippen molar-refractivity contribution in [1.82, 2.24) is 5.32 Å². The Morgan fingerprint density at radius 3 is 2.78 bits per heavy atom. The van der Waals surface area contributed by atoms with E-state index in [0.717, 1.165) is 24.3 Å². The van der Waals surface area contributed by atoms with Gasteiger partial charge in [-0.1, -0.05) is 6.07 Å². The average molecular weight is 389 g/mol. The van der Waals surface area contributed by atoms with Crippen LogP contribution in [-0.4, -0.2) is 37.3 Å². The first-order valence-electron chi connectivity index (χ1n) is 8.97. The molecule has 2 heterocycles. The van der Waals surface area contributed by atoms with Gasteiger partial charge in [-0.15, -0.1) is 11.3 Å². The second-order valence-electron chi connectivity index (χ2n) is 6.32. The highest BCUT2D eigenvalue weighted by Gasteiger charge is 2.19. The van der Waals surface area contributed by atoms with Crippen molar-refractivity contribution in [3.8, 4) is 5.75 Å². The lowest BCUT2D eigenvalue weighted by Crippen LogP contribution is -2.35. The first kappa shape index (κ1) is 19.4. The lowest BCUT2D eigenvalue weighted by atomic mass is 10.2. The van der Waals surface area contributed by atoms with Crippen molar-refractivity contribution < 1.29 is 23.8 Å². The fourth-order valence-corrected chi connectivity index (χ4v) is 3.31. The summed E-state index contributed by atoms with van der Waals surface area (Å²) in [5, 5.41) is 4.70. The number of benzene rings is 1. The van der Waals surface area contributed by atoms with Crippen LogP contribution in [-0.2, 0) is 20.8 Å². The third-order valence-electron chi connectivity index (χ3n) is 4.22. The van der Waals surface area contributed by atoms with Crippen LogP contribution in [0.5, 0.6) is 5.75 Å². The van der Waals surface area contributed by atoms with E-state index in [1.807, 2.05) is 17.5 Å². The molecule has 0 saturated carbocycles. The molecule has 6 nitrogen and oxygen atoms in total. The van der Waals surface area contributed by atoms with Gasteiger partial charge in [0.05, 0.1) is 18.2 Å². The molecule has 0 radical (unpaired) electrons.